The SMILES string of the molecule is CCCc1ccccc1NC(C)c1ccsc1. The number of benzene rings is 1. The Morgan fingerprint density at radius 1 is 1.24 bits per heavy atom. The predicted octanol–water partition coefficient (Wildman–Crippen LogP) is 4.87. The summed E-state index contributed by atoms with van der Waals surface area (Å²) in [6, 6.07) is 11.2. The maximum absolute atomic E-state index is 3.60. The molecule has 2 rings (SSSR count). The minimum absolute atomic E-state index is 0.374. The van der Waals surface area contributed by atoms with Crippen molar-refractivity contribution >= 4 is 17.0 Å². The van der Waals surface area contributed by atoms with Crippen molar-refractivity contribution in [3.8, 4) is 0 Å². The fraction of sp³-hybridized carbons (Fsp3) is 0.333. The molecule has 0 aliphatic heterocycles. The minimum Gasteiger partial charge on any atom is -0.378 e. The summed E-state index contributed by atoms with van der Waals surface area (Å²) in [5.74, 6) is 0. The highest BCUT2D eigenvalue weighted by molar-refractivity contribution is 7.07. The molecule has 1 N–H and O–H groups in total. The Bertz CT molecular complexity index is 448. The first-order valence-electron chi connectivity index (χ1n) is 6.17. The van der Waals surface area contributed by atoms with Crippen LogP contribution in [0.5, 0.6) is 0 Å². The summed E-state index contributed by atoms with van der Waals surface area (Å²) < 4.78 is 0. The second-order valence-corrected chi connectivity index (χ2v) is 5.11. The lowest BCUT2D eigenvalue weighted by Crippen LogP contribution is -2.07. The maximum atomic E-state index is 3.60. The predicted molar refractivity (Wildman–Crippen MR) is 76.8 cm³/mol. The molecule has 1 nitrogen and oxygen atoms in total. The highest BCUT2D eigenvalue weighted by Crippen LogP contribution is 2.24. The van der Waals surface area contributed by atoms with E-state index in [1.54, 1.807) is 11.3 Å². The van der Waals surface area contributed by atoms with Crippen molar-refractivity contribution in [1.82, 2.24) is 0 Å². The Morgan fingerprint density at radius 2 is 2.06 bits per heavy atom. The minimum atomic E-state index is 0.374. The third-order valence-electron chi connectivity index (χ3n) is 2.95. The summed E-state index contributed by atoms with van der Waals surface area (Å²) in [7, 11) is 0. The van der Waals surface area contributed by atoms with Gasteiger partial charge in [0.05, 0.1) is 0 Å². The van der Waals surface area contributed by atoms with Gasteiger partial charge in [-0.15, -0.1) is 0 Å². The molecule has 17 heavy (non-hydrogen) atoms. The molecule has 2 aromatic rings. The number of para-hydroxylation sites is 1. The molecule has 0 spiro atoms. The highest BCUT2D eigenvalue weighted by Gasteiger charge is 2.07. The lowest BCUT2D eigenvalue weighted by molar-refractivity contribution is 0.871. The van der Waals surface area contributed by atoms with Crippen LogP contribution in [-0.2, 0) is 6.42 Å². The number of aryl methyl sites for hydroxylation is 1. The monoisotopic (exact) mass is 245 g/mol. The van der Waals surface area contributed by atoms with Crippen LogP contribution in [0, 0.1) is 0 Å². The second kappa shape index (κ2) is 5.87. The molecular formula is C15H19NS. The van der Waals surface area contributed by atoms with Gasteiger partial charge in [0.15, 0.2) is 0 Å². The van der Waals surface area contributed by atoms with Gasteiger partial charge in [-0.2, -0.15) is 11.3 Å². The number of hydrogen-bond donors (Lipinski definition) is 1. The van der Waals surface area contributed by atoms with Crippen LogP contribution in [0.15, 0.2) is 41.1 Å². The van der Waals surface area contributed by atoms with E-state index < -0.39 is 0 Å². The molecular weight excluding hydrogens is 226 g/mol. The van der Waals surface area contributed by atoms with Gasteiger partial charge in [-0.1, -0.05) is 31.5 Å². The largest absolute Gasteiger partial charge is 0.378 e. The van der Waals surface area contributed by atoms with Gasteiger partial charge in [0.2, 0.25) is 0 Å². The zero-order valence-corrected chi connectivity index (χ0v) is 11.3. The molecule has 0 saturated carbocycles. The molecule has 0 saturated heterocycles. The van der Waals surface area contributed by atoms with Crippen molar-refractivity contribution in [3.05, 3.63) is 52.2 Å². The Hall–Kier alpha value is -1.28. The van der Waals surface area contributed by atoms with Gasteiger partial charge >= 0.3 is 0 Å². The van der Waals surface area contributed by atoms with Crippen molar-refractivity contribution in [2.24, 2.45) is 0 Å². The molecule has 0 bridgehead atoms. The summed E-state index contributed by atoms with van der Waals surface area (Å²) in [5, 5.41) is 7.94. The Morgan fingerprint density at radius 3 is 2.76 bits per heavy atom. The normalized spacial score (nSPS) is 12.4. The summed E-state index contributed by atoms with van der Waals surface area (Å²) in [5.41, 5.74) is 4.05. The number of nitrogens with one attached hydrogen (secondary N) is 1. The quantitative estimate of drug-likeness (QED) is 0.792. The molecule has 1 aromatic heterocycles. The first kappa shape index (κ1) is 12.2. The summed E-state index contributed by atoms with van der Waals surface area (Å²) in [6.07, 6.45) is 2.32. The lowest BCUT2D eigenvalue weighted by atomic mass is 10.1. The van der Waals surface area contributed by atoms with Crippen LogP contribution in [0.2, 0.25) is 0 Å². The van der Waals surface area contributed by atoms with Crippen LogP contribution in [0.4, 0.5) is 5.69 Å². The number of anilines is 1. The van der Waals surface area contributed by atoms with Gasteiger partial charge in [-0.3, -0.25) is 0 Å². The van der Waals surface area contributed by atoms with Crippen molar-refractivity contribution in [2.45, 2.75) is 32.7 Å². The molecule has 0 fully saturated rings. The van der Waals surface area contributed by atoms with E-state index in [0.717, 1.165) is 6.42 Å². The van der Waals surface area contributed by atoms with Crippen molar-refractivity contribution in [3.63, 3.8) is 0 Å². The van der Waals surface area contributed by atoms with Crippen LogP contribution >= 0.6 is 11.3 Å². The summed E-state index contributed by atoms with van der Waals surface area (Å²) in [6.45, 7) is 4.43. The number of hydrogen-bond acceptors (Lipinski definition) is 2. The standard InChI is InChI=1S/C15H19NS/c1-3-6-13-7-4-5-8-15(13)16-12(2)14-9-10-17-11-14/h4-5,7-12,16H,3,6H2,1-2H3. The van der Waals surface area contributed by atoms with E-state index in [1.807, 2.05) is 0 Å². The fourth-order valence-corrected chi connectivity index (χ4v) is 2.74. The Labute approximate surface area is 108 Å². The smallest absolute Gasteiger partial charge is 0.0493 e. The molecule has 1 unspecified atom stereocenters. The molecule has 0 aliphatic rings. The van der Waals surface area contributed by atoms with E-state index in [0.29, 0.717) is 6.04 Å². The average Bonchev–Trinajstić information content (AvgIpc) is 2.85. The number of rotatable bonds is 5. The maximum Gasteiger partial charge on any atom is 0.0493 e. The van der Waals surface area contributed by atoms with Crippen molar-refractivity contribution in [2.75, 3.05) is 5.32 Å². The first-order valence-corrected chi connectivity index (χ1v) is 7.12. The molecule has 1 atom stereocenters. The average molecular weight is 245 g/mol. The third-order valence-corrected chi connectivity index (χ3v) is 3.65. The fourth-order valence-electron chi connectivity index (χ4n) is 1.99. The molecule has 1 heterocycles. The molecule has 0 amide bonds. The molecule has 2 heteroatoms. The van der Waals surface area contributed by atoms with E-state index in [-0.39, 0.29) is 0 Å². The van der Waals surface area contributed by atoms with Gasteiger partial charge in [0.1, 0.15) is 0 Å². The van der Waals surface area contributed by atoms with Crippen LogP contribution in [0.25, 0.3) is 0 Å². The zero-order chi connectivity index (χ0) is 12.1. The zero-order valence-electron chi connectivity index (χ0n) is 10.4. The van der Waals surface area contributed by atoms with Crippen molar-refractivity contribution in [1.29, 1.82) is 0 Å². The molecule has 90 valence electrons. The van der Waals surface area contributed by atoms with Crippen LogP contribution in [-0.4, -0.2) is 0 Å². The highest BCUT2D eigenvalue weighted by atomic mass is 32.1. The summed E-state index contributed by atoms with van der Waals surface area (Å²) in [4.78, 5) is 0. The van der Waals surface area contributed by atoms with E-state index in [9.17, 15) is 0 Å². The second-order valence-electron chi connectivity index (χ2n) is 4.33. The third kappa shape index (κ3) is 3.10. The van der Waals surface area contributed by atoms with Crippen molar-refractivity contribution < 1.29 is 0 Å². The van der Waals surface area contributed by atoms with E-state index in [1.165, 1.54) is 23.2 Å². The van der Waals surface area contributed by atoms with Gasteiger partial charge in [-0.05, 0) is 47.4 Å². The van der Waals surface area contributed by atoms with Gasteiger partial charge < -0.3 is 5.32 Å². The van der Waals surface area contributed by atoms with Crippen LogP contribution < -0.4 is 5.32 Å². The van der Waals surface area contributed by atoms with E-state index in [4.69, 9.17) is 0 Å². The topological polar surface area (TPSA) is 12.0 Å². The van der Waals surface area contributed by atoms with Gasteiger partial charge in [0, 0.05) is 11.7 Å². The van der Waals surface area contributed by atoms with E-state index in [2.05, 4.69) is 60.3 Å². The Balaban J connectivity index is 2.12. The lowest BCUT2D eigenvalue weighted by Gasteiger charge is -2.17. The molecule has 1 aromatic carbocycles. The van der Waals surface area contributed by atoms with Crippen LogP contribution in [0.1, 0.15) is 37.4 Å². The first-order chi connectivity index (χ1) is 8.31. The van der Waals surface area contributed by atoms with Gasteiger partial charge in [-0.25, -0.2) is 0 Å². The van der Waals surface area contributed by atoms with Crippen LogP contribution in [0.3, 0.4) is 0 Å². The number of thiophene rings is 1. The molecule has 0 aliphatic carbocycles. The summed E-state index contributed by atoms with van der Waals surface area (Å²) >= 11 is 1.75. The van der Waals surface area contributed by atoms with E-state index >= 15 is 0 Å². The molecule has 0 radical (unpaired) electrons. The Kier molecular flexibility index (Phi) is 4.21. The van der Waals surface area contributed by atoms with Gasteiger partial charge in [0.25, 0.3) is 0 Å².